The van der Waals surface area contributed by atoms with Crippen LogP contribution >= 0.6 is 0 Å². The average Bonchev–Trinajstić information content (AvgIpc) is 2.34. The third-order valence-corrected chi connectivity index (χ3v) is 3.32. The third-order valence-electron chi connectivity index (χ3n) is 3.32. The van der Waals surface area contributed by atoms with Crippen LogP contribution in [0.1, 0.15) is 36.8 Å². The molecule has 4 nitrogen and oxygen atoms in total. The van der Waals surface area contributed by atoms with Crippen molar-refractivity contribution in [3.63, 3.8) is 0 Å². The summed E-state index contributed by atoms with van der Waals surface area (Å²) in [7, 11) is 1.59. The highest BCUT2D eigenvalue weighted by Crippen LogP contribution is 2.42. The Morgan fingerprint density at radius 2 is 2.22 bits per heavy atom. The van der Waals surface area contributed by atoms with Gasteiger partial charge in [-0.05, 0) is 38.3 Å². The first-order chi connectivity index (χ1) is 8.58. The number of phenols is 1. The Hall–Kier alpha value is -1.26. The van der Waals surface area contributed by atoms with Gasteiger partial charge in [0, 0.05) is 12.7 Å². The fraction of sp³-hybridized carbons (Fsp3) is 0.571. The predicted octanol–water partition coefficient (Wildman–Crippen LogP) is 2.71. The Kier molecular flexibility index (Phi) is 3.78. The van der Waals surface area contributed by atoms with E-state index >= 15 is 0 Å². The zero-order valence-corrected chi connectivity index (χ0v) is 11.3. The van der Waals surface area contributed by atoms with Crippen LogP contribution in [-0.4, -0.2) is 24.9 Å². The van der Waals surface area contributed by atoms with Gasteiger partial charge in [0.1, 0.15) is 11.5 Å². The largest absolute Gasteiger partial charge is 0.508 e. The van der Waals surface area contributed by atoms with E-state index in [4.69, 9.17) is 14.2 Å². The molecule has 1 aromatic carbocycles. The van der Waals surface area contributed by atoms with Crippen LogP contribution in [0, 0.1) is 6.92 Å². The smallest absolute Gasteiger partial charge is 0.187 e. The van der Waals surface area contributed by atoms with Crippen molar-refractivity contribution in [3.05, 3.63) is 22.8 Å². The minimum absolute atomic E-state index is 0.0688. The van der Waals surface area contributed by atoms with Gasteiger partial charge in [-0.25, -0.2) is 0 Å². The monoisotopic (exact) mass is 252 g/mol. The Labute approximate surface area is 107 Å². The molecule has 4 heteroatoms. The van der Waals surface area contributed by atoms with Crippen LogP contribution in [0.15, 0.2) is 6.07 Å². The molecule has 0 saturated heterocycles. The molecule has 2 rings (SSSR count). The van der Waals surface area contributed by atoms with E-state index < -0.39 is 6.29 Å². The third kappa shape index (κ3) is 2.18. The van der Waals surface area contributed by atoms with Gasteiger partial charge >= 0.3 is 0 Å². The van der Waals surface area contributed by atoms with Crippen LogP contribution in [0.4, 0.5) is 0 Å². The summed E-state index contributed by atoms with van der Waals surface area (Å²) in [5.41, 5.74) is 2.86. The summed E-state index contributed by atoms with van der Waals surface area (Å²) in [5, 5.41) is 9.93. The van der Waals surface area contributed by atoms with E-state index in [-0.39, 0.29) is 11.9 Å². The zero-order chi connectivity index (χ0) is 13.3. The van der Waals surface area contributed by atoms with Gasteiger partial charge in [0.05, 0.1) is 18.8 Å². The molecule has 0 aromatic heterocycles. The van der Waals surface area contributed by atoms with Gasteiger partial charge in [-0.2, -0.15) is 0 Å². The molecule has 0 radical (unpaired) electrons. The summed E-state index contributed by atoms with van der Waals surface area (Å²) in [6, 6.07) is 1.62. The van der Waals surface area contributed by atoms with Gasteiger partial charge < -0.3 is 19.3 Å². The molecule has 0 fully saturated rings. The van der Waals surface area contributed by atoms with Crippen LogP contribution in [0.2, 0.25) is 0 Å². The molecular weight excluding hydrogens is 232 g/mol. The number of hydrogen-bond donors (Lipinski definition) is 1. The van der Waals surface area contributed by atoms with Crippen molar-refractivity contribution in [2.45, 2.75) is 39.6 Å². The second-order valence-electron chi connectivity index (χ2n) is 4.55. The second-order valence-corrected chi connectivity index (χ2v) is 4.55. The van der Waals surface area contributed by atoms with Crippen molar-refractivity contribution in [1.29, 1.82) is 0 Å². The number of aromatic hydroxyl groups is 1. The summed E-state index contributed by atoms with van der Waals surface area (Å²) in [6.07, 6.45) is 0.414. The van der Waals surface area contributed by atoms with E-state index in [0.29, 0.717) is 12.4 Å². The Morgan fingerprint density at radius 3 is 2.83 bits per heavy atom. The second kappa shape index (κ2) is 5.16. The maximum atomic E-state index is 9.93. The molecule has 100 valence electrons. The highest BCUT2D eigenvalue weighted by atomic mass is 16.7. The molecule has 1 unspecified atom stereocenters. The number of phenolic OH excluding ortho intramolecular Hbond substituents is 1. The van der Waals surface area contributed by atoms with E-state index in [1.807, 2.05) is 20.8 Å². The van der Waals surface area contributed by atoms with Crippen LogP contribution < -0.4 is 4.74 Å². The quantitative estimate of drug-likeness (QED) is 0.898. The lowest BCUT2D eigenvalue weighted by Gasteiger charge is -2.32. The fourth-order valence-electron chi connectivity index (χ4n) is 2.39. The van der Waals surface area contributed by atoms with Crippen molar-refractivity contribution in [1.82, 2.24) is 0 Å². The molecule has 1 N–H and O–H groups in total. The molecule has 2 atom stereocenters. The minimum Gasteiger partial charge on any atom is -0.508 e. The number of benzene rings is 1. The summed E-state index contributed by atoms with van der Waals surface area (Å²) in [6.45, 7) is 6.42. The first kappa shape index (κ1) is 13.2. The van der Waals surface area contributed by atoms with Crippen LogP contribution in [-0.2, 0) is 15.9 Å². The molecule has 0 aliphatic carbocycles. The number of rotatable bonds is 3. The molecule has 1 aliphatic rings. The number of methoxy groups -OCH3 is 1. The Bertz CT molecular complexity index is 442. The van der Waals surface area contributed by atoms with Gasteiger partial charge in [0.2, 0.25) is 0 Å². The summed E-state index contributed by atoms with van der Waals surface area (Å²) in [4.78, 5) is 0. The standard InChI is InChI=1S/C14H20O4/c1-5-17-14-13-10(6-8(2)18-14)9(3)11(15)7-12(13)16-4/h7-8,14-15H,5-6H2,1-4H3/t8-,14?/m0/s1. The lowest BCUT2D eigenvalue weighted by Crippen LogP contribution is -2.26. The Morgan fingerprint density at radius 1 is 1.50 bits per heavy atom. The van der Waals surface area contributed by atoms with Crippen LogP contribution in [0.5, 0.6) is 11.5 Å². The first-order valence-corrected chi connectivity index (χ1v) is 6.24. The molecule has 1 heterocycles. The van der Waals surface area contributed by atoms with E-state index in [9.17, 15) is 5.11 Å². The molecule has 0 bridgehead atoms. The maximum absolute atomic E-state index is 9.93. The summed E-state index contributed by atoms with van der Waals surface area (Å²) < 4.78 is 16.8. The number of hydrogen-bond acceptors (Lipinski definition) is 4. The van der Waals surface area contributed by atoms with Gasteiger partial charge in [0.15, 0.2) is 6.29 Å². The molecule has 1 aromatic rings. The van der Waals surface area contributed by atoms with Crippen LogP contribution in [0.25, 0.3) is 0 Å². The van der Waals surface area contributed by atoms with Crippen molar-refractivity contribution >= 4 is 0 Å². The summed E-state index contributed by atoms with van der Waals surface area (Å²) >= 11 is 0. The van der Waals surface area contributed by atoms with Crippen molar-refractivity contribution < 1.29 is 19.3 Å². The highest BCUT2D eigenvalue weighted by molar-refractivity contribution is 5.53. The highest BCUT2D eigenvalue weighted by Gasteiger charge is 2.31. The van der Waals surface area contributed by atoms with E-state index in [2.05, 4.69) is 0 Å². The molecule has 0 spiro atoms. The topological polar surface area (TPSA) is 47.9 Å². The van der Waals surface area contributed by atoms with E-state index in [0.717, 1.165) is 23.1 Å². The predicted molar refractivity (Wildman–Crippen MR) is 68.0 cm³/mol. The van der Waals surface area contributed by atoms with Crippen molar-refractivity contribution in [2.24, 2.45) is 0 Å². The Balaban J connectivity index is 2.56. The lowest BCUT2D eigenvalue weighted by molar-refractivity contribution is -0.177. The van der Waals surface area contributed by atoms with E-state index in [1.165, 1.54) is 0 Å². The molecule has 18 heavy (non-hydrogen) atoms. The van der Waals surface area contributed by atoms with Crippen molar-refractivity contribution in [3.8, 4) is 11.5 Å². The van der Waals surface area contributed by atoms with Crippen molar-refractivity contribution in [2.75, 3.05) is 13.7 Å². The maximum Gasteiger partial charge on any atom is 0.187 e. The average molecular weight is 252 g/mol. The molecule has 1 aliphatic heterocycles. The SMILES string of the molecule is CCOC1O[C@@H](C)Cc2c(C)c(O)cc(OC)c21. The molecule has 0 amide bonds. The first-order valence-electron chi connectivity index (χ1n) is 6.24. The number of ether oxygens (including phenoxy) is 3. The van der Waals surface area contributed by atoms with E-state index in [1.54, 1.807) is 13.2 Å². The lowest BCUT2D eigenvalue weighted by atomic mass is 9.92. The van der Waals surface area contributed by atoms with Gasteiger partial charge in [-0.1, -0.05) is 0 Å². The van der Waals surface area contributed by atoms with Gasteiger partial charge in [-0.3, -0.25) is 0 Å². The van der Waals surface area contributed by atoms with Gasteiger partial charge in [0.25, 0.3) is 0 Å². The zero-order valence-electron chi connectivity index (χ0n) is 11.3. The van der Waals surface area contributed by atoms with Gasteiger partial charge in [-0.15, -0.1) is 0 Å². The number of fused-ring (bicyclic) bond motifs is 1. The fourth-order valence-corrected chi connectivity index (χ4v) is 2.39. The summed E-state index contributed by atoms with van der Waals surface area (Å²) in [5.74, 6) is 0.883. The minimum atomic E-state index is -0.414. The van der Waals surface area contributed by atoms with Crippen LogP contribution in [0.3, 0.4) is 0 Å². The molecular formula is C14H20O4. The molecule has 0 saturated carbocycles. The normalized spacial score (nSPS) is 22.7.